The van der Waals surface area contributed by atoms with Gasteiger partial charge in [-0.05, 0) is 69.2 Å². The van der Waals surface area contributed by atoms with Crippen LogP contribution in [0, 0.1) is 0 Å². The van der Waals surface area contributed by atoms with Crippen LogP contribution < -0.4 is 9.54 Å². The summed E-state index contributed by atoms with van der Waals surface area (Å²) in [6.07, 6.45) is 1.79. The molecule has 0 N–H and O–H groups in total. The number of benzene rings is 2. The Balaban J connectivity index is 1.64. The molecule has 0 radical (unpaired) electrons. The molecule has 1 amide bonds. The van der Waals surface area contributed by atoms with E-state index in [1.165, 1.54) is 39.9 Å². The number of aromatic nitrogens is 1. The van der Waals surface area contributed by atoms with Crippen LogP contribution in [-0.4, -0.2) is 42.9 Å². The second-order valence-corrected chi connectivity index (χ2v) is 10.4. The number of rotatable bonds is 7. The van der Waals surface area contributed by atoms with Gasteiger partial charge in [-0.1, -0.05) is 11.3 Å². The lowest BCUT2D eigenvalue weighted by molar-refractivity contribution is 0.0997. The predicted molar refractivity (Wildman–Crippen MR) is 121 cm³/mol. The Kier molecular flexibility index (Phi) is 6.00. The molecule has 9 heteroatoms. The summed E-state index contributed by atoms with van der Waals surface area (Å²) < 4.78 is 35.2. The summed E-state index contributed by atoms with van der Waals surface area (Å²) in [6, 6.07) is 11.9. The van der Waals surface area contributed by atoms with Gasteiger partial charge in [0.1, 0.15) is 5.75 Å². The first kappa shape index (κ1) is 21.7. The molecule has 1 fully saturated rings. The molecule has 1 saturated carbocycles. The third-order valence-corrected chi connectivity index (χ3v) is 8.28. The molecule has 164 valence electrons. The van der Waals surface area contributed by atoms with E-state index in [1.54, 1.807) is 7.05 Å². The number of hydrogen-bond donors (Lipinski definition) is 0. The minimum absolute atomic E-state index is 0.0852. The summed E-state index contributed by atoms with van der Waals surface area (Å²) in [6.45, 7) is 5.19. The predicted octanol–water partition coefficient (Wildman–Crippen LogP) is 3.65. The molecule has 1 aliphatic carbocycles. The standard InChI is InChI=1S/C22H25N3O4S2/c1-4-25-19-13-10-17(29-5-2)14-20(19)30-22(25)23-21(26)15-6-11-18(12-7-15)31(27,28)24(3)16-8-9-16/h6-7,10-14,16H,4-5,8-9H2,1-3H3. The molecule has 3 aromatic rings. The van der Waals surface area contributed by atoms with Crippen LogP contribution in [0.3, 0.4) is 0 Å². The number of thiazole rings is 1. The Labute approximate surface area is 185 Å². The number of carbonyl (C=O) groups excluding carboxylic acids is 1. The van der Waals surface area contributed by atoms with Gasteiger partial charge in [-0.15, -0.1) is 0 Å². The third-order valence-electron chi connectivity index (χ3n) is 5.32. The molecule has 0 bridgehead atoms. The fourth-order valence-electron chi connectivity index (χ4n) is 3.42. The number of ether oxygens (including phenoxy) is 1. The Bertz CT molecular complexity index is 1290. The van der Waals surface area contributed by atoms with E-state index in [9.17, 15) is 13.2 Å². The highest BCUT2D eigenvalue weighted by atomic mass is 32.2. The number of carbonyl (C=O) groups is 1. The number of sulfonamides is 1. The number of nitrogens with zero attached hydrogens (tertiary/aromatic N) is 3. The van der Waals surface area contributed by atoms with Crippen LogP contribution in [0.15, 0.2) is 52.4 Å². The first-order valence-corrected chi connectivity index (χ1v) is 12.5. The van der Waals surface area contributed by atoms with Crippen LogP contribution in [0.25, 0.3) is 10.2 Å². The molecule has 0 aliphatic heterocycles. The van der Waals surface area contributed by atoms with E-state index in [0.717, 1.165) is 28.8 Å². The zero-order valence-corrected chi connectivity index (χ0v) is 19.4. The molecule has 0 atom stereocenters. The highest BCUT2D eigenvalue weighted by molar-refractivity contribution is 7.89. The summed E-state index contributed by atoms with van der Waals surface area (Å²) in [5, 5.41) is 0. The van der Waals surface area contributed by atoms with Gasteiger partial charge in [0.15, 0.2) is 4.80 Å². The first-order chi connectivity index (χ1) is 14.8. The molecule has 0 spiro atoms. The van der Waals surface area contributed by atoms with Crippen molar-refractivity contribution < 1.29 is 17.9 Å². The van der Waals surface area contributed by atoms with Crippen molar-refractivity contribution in [3.05, 3.63) is 52.8 Å². The lowest BCUT2D eigenvalue weighted by atomic mass is 10.2. The number of amides is 1. The lowest BCUT2D eigenvalue weighted by Crippen LogP contribution is -2.28. The van der Waals surface area contributed by atoms with Gasteiger partial charge < -0.3 is 9.30 Å². The van der Waals surface area contributed by atoms with Gasteiger partial charge in [0, 0.05) is 25.2 Å². The summed E-state index contributed by atoms with van der Waals surface area (Å²) in [5.41, 5.74) is 1.34. The van der Waals surface area contributed by atoms with E-state index in [0.29, 0.717) is 23.5 Å². The van der Waals surface area contributed by atoms with Gasteiger partial charge in [0.25, 0.3) is 5.91 Å². The third kappa shape index (κ3) is 4.30. The summed E-state index contributed by atoms with van der Waals surface area (Å²) in [7, 11) is -1.94. The second-order valence-electron chi connectivity index (χ2n) is 7.39. The van der Waals surface area contributed by atoms with Crippen molar-refractivity contribution in [2.45, 2.75) is 44.2 Å². The van der Waals surface area contributed by atoms with Gasteiger partial charge in [-0.25, -0.2) is 8.42 Å². The van der Waals surface area contributed by atoms with Crippen molar-refractivity contribution in [1.82, 2.24) is 8.87 Å². The van der Waals surface area contributed by atoms with E-state index in [4.69, 9.17) is 4.74 Å². The zero-order chi connectivity index (χ0) is 22.2. The van der Waals surface area contributed by atoms with Crippen molar-refractivity contribution in [3.63, 3.8) is 0 Å². The van der Waals surface area contributed by atoms with E-state index < -0.39 is 15.9 Å². The topological polar surface area (TPSA) is 81.0 Å². The fraction of sp³-hybridized carbons (Fsp3) is 0.364. The van der Waals surface area contributed by atoms with E-state index in [-0.39, 0.29) is 10.9 Å². The van der Waals surface area contributed by atoms with E-state index in [2.05, 4.69) is 4.99 Å². The Morgan fingerprint density at radius 2 is 1.90 bits per heavy atom. The van der Waals surface area contributed by atoms with E-state index >= 15 is 0 Å². The largest absolute Gasteiger partial charge is 0.494 e. The average Bonchev–Trinajstić information content (AvgIpc) is 3.55. The van der Waals surface area contributed by atoms with E-state index in [1.807, 2.05) is 36.6 Å². The number of aryl methyl sites for hydroxylation is 1. The maximum Gasteiger partial charge on any atom is 0.279 e. The minimum Gasteiger partial charge on any atom is -0.494 e. The molecule has 31 heavy (non-hydrogen) atoms. The molecule has 0 unspecified atom stereocenters. The quantitative estimate of drug-likeness (QED) is 0.540. The van der Waals surface area contributed by atoms with Gasteiger partial charge in [0.2, 0.25) is 10.0 Å². The molecule has 0 saturated heterocycles. The first-order valence-electron chi connectivity index (χ1n) is 10.3. The Morgan fingerprint density at radius 1 is 1.19 bits per heavy atom. The highest BCUT2D eigenvalue weighted by Crippen LogP contribution is 2.30. The second kappa shape index (κ2) is 8.57. The zero-order valence-electron chi connectivity index (χ0n) is 17.7. The number of hydrogen-bond acceptors (Lipinski definition) is 5. The molecular weight excluding hydrogens is 434 g/mol. The van der Waals surface area contributed by atoms with Crippen LogP contribution in [0.2, 0.25) is 0 Å². The molecule has 1 aromatic heterocycles. The maximum atomic E-state index is 12.8. The van der Waals surface area contributed by atoms with Gasteiger partial charge >= 0.3 is 0 Å². The normalized spacial score (nSPS) is 15.0. The summed E-state index contributed by atoms with van der Waals surface area (Å²) in [5.74, 6) is 0.378. The van der Waals surface area contributed by atoms with Crippen LogP contribution in [0.5, 0.6) is 5.75 Å². The SMILES string of the molecule is CCOc1ccc2c(c1)sc(=NC(=O)c1ccc(S(=O)(=O)N(C)C3CC3)cc1)n2CC. The monoisotopic (exact) mass is 459 g/mol. The molecule has 2 aromatic carbocycles. The van der Waals surface area contributed by atoms with Crippen molar-refractivity contribution in [1.29, 1.82) is 0 Å². The molecule has 7 nitrogen and oxygen atoms in total. The molecule has 1 heterocycles. The van der Waals surface area contributed by atoms with Crippen molar-refractivity contribution >= 4 is 37.5 Å². The van der Waals surface area contributed by atoms with Gasteiger partial charge in [0.05, 0.1) is 21.7 Å². The van der Waals surface area contributed by atoms with Crippen molar-refractivity contribution in [2.24, 2.45) is 4.99 Å². The van der Waals surface area contributed by atoms with Crippen LogP contribution in [0.1, 0.15) is 37.0 Å². The van der Waals surface area contributed by atoms with Gasteiger partial charge in [-0.3, -0.25) is 4.79 Å². The van der Waals surface area contributed by atoms with Crippen molar-refractivity contribution in [3.8, 4) is 5.75 Å². The maximum absolute atomic E-state index is 12.8. The van der Waals surface area contributed by atoms with Crippen molar-refractivity contribution in [2.75, 3.05) is 13.7 Å². The summed E-state index contributed by atoms with van der Waals surface area (Å²) >= 11 is 1.43. The summed E-state index contributed by atoms with van der Waals surface area (Å²) in [4.78, 5) is 17.9. The van der Waals surface area contributed by atoms with Crippen LogP contribution in [-0.2, 0) is 16.6 Å². The lowest BCUT2D eigenvalue weighted by Gasteiger charge is -2.16. The highest BCUT2D eigenvalue weighted by Gasteiger charge is 2.35. The minimum atomic E-state index is -3.54. The molecule has 4 rings (SSSR count). The smallest absolute Gasteiger partial charge is 0.279 e. The molecule has 1 aliphatic rings. The van der Waals surface area contributed by atoms with Gasteiger partial charge in [-0.2, -0.15) is 9.30 Å². The Hall–Kier alpha value is -2.49. The number of fused-ring (bicyclic) bond motifs is 1. The Morgan fingerprint density at radius 3 is 2.52 bits per heavy atom. The van der Waals surface area contributed by atoms with Crippen LogP contribution in [0.4, 0.5) is 0 Å². The molecular formula is C22H25N3O4S2. The van der Waals surface area contributed by atoms with Crippen LogP contribution >= 0.6 is 11.3 Å². The average molecular weight is 460 g/mol. The fourth-order valence-corrected chi connectivity index (χ4v) is 5.96.